The van der Waals surface area contributed by atoms with Crippen molar-refractivity contribution in [2.24, 2.45) is 11.8 Å². The van der Waals surface area contributed by atoms with Crippen LogP contribution in [-0.4, -0.2) is 68.2 Å². The maximum atomic E-state index is 13.1. The van der Waals surface area contributed by atoms with Gasteiger partial charge < -0.3 is 9.80 Å². The summed E-state index contributed by atoms with van der Waals surface area (Å²) >= 11 is 0. The van der Waals surface area contributed by atoms with Crippen molar-refractivity contribution >= 4 is 11.8 Å². The van der Waals surface area contributed by atoms with Crippen molar-refractivity contribution in [2.45, 2.75) is 63.2 Å². The molecule has 1 aliphatic carbocycles. The summed E-state index contributed by atoms with van der Waals surface area (Å²) in [4.78, 5) is 30.3. The SMILES string of the molecule is O=C(C1CCC(C(=O)N2CCC(c3ccn[nH]3)CC2)CC1)N1CCC(c2ccn[nH]2)CC1. The number of piperidine rings is 2. The number of hydrogen-bond donors (Lipinski definition) is 2. The highest BCUT2D eigenvalue weighted by atomic mass is 16.2. The minimum atomic E-state index is 0.0915. The number of aromatic nitrogens is 4. The van der Waals surface area contributed by atoms with Gasteiger partial charge in [-0.3, -0.25) is 19.8 Å². The van der Waals surface area contributed by atoms with Gasteiger partial charge in [0.2, 0.25) is 11.8 Å². The van der Waals surface area contributed by atoms with Gasteiger partial charge in [0, 0.05) is 73.6 Å². The van der Waals surface area contributed by atoms with E-state index in [1.807, 2.05) is 12.1 Å². The van der Waals surface area contributed by atoms with Gasteiger partial charge in [-0.15, -0.1) is 0 Å². The summed E-state index contributed by atoms with van der Waals surface area (Å²) in [5, 5.41) is 14.3. The summed E-state index contributed by atoms with van der Waals surface area (Å²) in [6.45, 7) is 3.30. The van der Waals surface area contributed by atoms with Gasteiger partial charge in [0.25, 0.3) is 0 Å². The summed E-state index contributed by atoms with van der Waals surface area (Å²) in [6.07, 6.45) is 11.0. The minimum Gasteiger partial charge on any atom is -0.342 e. The first-order chi connectivity index (χ1) is 15.7. The molecule has 3 aliphatic rings. The lowest BCUT2D eigenvalue weighted by molar-refractivity contribution is -0.142. The number of amides is 2. The Bertz CT molecular complexity index is 798. The topological polar surface area (TPSA) is 98.0 Å². The van der Waals surface area contributed by atoms with Crippen LogP contribution in [0.3, 0.4) is 0 Å². The third-order valence-electron chi connectivity index (χ3n) is 7.96. The summed E-state index contributed by atoms with van der Waals surface area (Å²) in [5.41, 5.74) is 2.37. The van der Waals surface area contributed by atoms with Crippen molar-refractivity contribution in [1.29, 1.82) is 0 Å². The van der Waals surface area contributed by atoms with E-state index >= 15 is 0 Å². The molecule has 0 aromatic carbocycles. The highest BCUT2D eigenvalue weighted by Gasteiger charge is 2.36. The second-order valence-corrected chi connectivity index (χ2v) is 9.77. The van der Waals surface area contributed by atoms with Gasteiger partial charge in [-0.2, -0.15) is 10.2 Å². The Hall–Kier alpha value is -2.64. The largest absolute Gasteiger partial charge is 0.342 e. The fraction of sp³-hybridized carbons (Fsp3) is 0.667. The Morgan fingerprint density at radius 3 is 1.34 bits per heavy atom. The zero-order valence-corrected chi connectivity index (χ0v) is 18.7. The van der Waals surface area contributed by atoms with Gasteiger partial charge in [-0.25, -0.2) is 0 Å². The molecule has 8 heteroatoms. The van der Waals surface area contributed by atoms with Gasteiger partial charge in [0.1, 0.15) is 0 Å². The molecule has 2 aromatic heterocycles. The lowest BCUT2D eigenvalue weighted by Gasteiger charge is -2.38. The highest BCUT2D eigenvalue weighted by molar-refractivity contribution is 5.81. The molecule has 0 unspecified atom stereocenters. The smallest absolute Gasteiger partial charge is 0.225 e. The second-order valence-electron chi connectivity index (χ2n) is 9.77. The van der Waals surface area contributed by atoms with E-state index in [4.69, 9.17) is 0 Å². The number of carbonyl (C=O) groups excluding carboxylic acids is 2. The highest BCUT2D eigenvalue weighted by Crippen LogP contribution is 2.35. The lowest BCUT2D eigenvalue weighted by Crippen LogP contribution is -2.45. The number of hydrogen-bond acceptors (Lipinski definition) is 4. The lowest BCUT2D eigenvalue weighted by atomic mass is 9.80. The van der Waals surface area contributed by atoms with Gasteiger partial charge in [0.05, 0.1) is 0 Å². The summed E-state index contributed by atoms with van der Waals surface area (Å²) in [5.74, 6) is 1.75. The number of likely N-dealkylation sites (tertiary alicyclic amines) is 2. The Morgan fingerprint density at radius 2 is 1.03 bits per heavy atom. The summed E-state index contributed by atoms with van der Waals surface area (Å²) < 4.78 is 0. The number of nitrogens with zero attached hydrogens (tertiary/aromatic N) is 4. The van der Waals surface area contributed by atoms with Crippen LogP contribution in [0, 0.1) is 11.8 Å². The van der Waals surface area contributed by atoms with Crippen molar-refractivity contribution in [3.63, 3.8) is 0 Å². The van der Waals surface area contributed by atoms with E-state index < -0.39 is 0 Å². The minimum absolute atomic E-state index is 0.0915. The van der Waals surface area contributed by atoms with E-state index in [1.54, 1.807) is 12.4 Å². The molecule has 0 radical (unpaired) electrons. The molecule has 32 heavy (non-hydrogen) atoms. The molecule has 0 spiro atoms. The van der Waals surface area contributed by atoms with Gasteiger partial charge in [-0.05, 0) is 63.5 Å². The molecule has 3 fully saturated rings. The quantitative estimate of drug-likeness (QED) is 0.767. The second kappa shape index (κ2) is 9.46. The van der Waals surface area contributed by atoms with E-state index in [0.29, 0.717) is 23.7 Å². The van der Waals surface area contributed by atoms with E-state index in [0.717, 1.165) is 77.5 Å². The number of nitrogens with one attached hydrogen (secondary N) is 2. The molecule has 2 aromatic rings. The number of carbonyl (C=O) groups is 2. The van der Waals surface area contributed by atoms with E-state index in [9.17, 15) is 9.59 Å². The molecule has 2 saturated heterocycles. The fourth-order valence-electron chi connectivity index (χ4n) is 5.91. The van der Waals surface area contributed by atoms with E-state index in [1.165, 1.54) is 11.4 Å². The van der Waals surface area contributed by atoms with Crippen molar-refractivity contribution < 1.29 is 9.59 Å². The van der Waals surface area contributed by atoms with Crippen LogP contribution >= 0.6 is 0 Å². The normalized spacial score (nSPS) is 25.8. The Labute approximate surface area is 189 Å². The van der Waals surface area contributed by atoms with Crippen molar-refractivity contribution in [3.05, 3.63) is 35.9 Å². The van der Waals surface area contributed by atoms with Crippen molar-refractivity contribution in [2.75, 3.05) is 26.2 Å². The maximum Gasteiger partial charge on any atom is 0.225 e. The van der Waals surface area contributed by atoms with Gasteiger partial charge in [0.15, 0.2) is 0 Å². The molecule has 172 valence electrons. The van der Waals surface area contributed by atoms with Crippen LogP contribution in [0.25, 0.3) is 0 Å². The Morgan fingerprint density at radius 1 is 0.656 bits per heavy atom. The van der Waals surface area contributed by atoms with Crippen LogP contribution in [0.1, 0.15) is 74.6 Å². The molecule has 2 aliphatic heterocycles. The van der Waals surface area contributed by atoms with Gasteiger partial charge in [-0.1, -0.05) is 0 Å². The van der Waals surface area contributed by atoms with Gasteiger partial charge >= 0.3 is 0 Å². The molecular formula is C24H34N6O2. The number of rotatable bonds is 4. The third kappa shape index (κ3) is 4.45. The van der Waals surface area contributed by atoms with Crippen LogP contribution in [0.2, 0.25) is 0 Å². The Kier molecular flexibility index (Phi) is 6.28. The molecule has 2 N–H and O–H groups in total. The third-order valence-corrected chi connectivity index (χ3v) is 7.96. The molecular weight excluding hydrogens is 404 g/mol. The fourth-order valence-corrected chi connectivity index (χ4v) is 5.91. The molecule has 4 heterocycles. The van der Waals surface area contributed by atoms with Crippen LogP contribution in [-0.2, 0) is 9.59 Å². The molecule has 0 bridgehead atoms. The maximum absolute atomic E-state index is 13.1. The van der Waals surface area contributed by atoms with Crippen LogP contribution in [0.5, 0.6) is 0 Å². The molecule has 1 saturated carbocycles. The predicted molar refractivity (Wildman–Crippen MR) is 120 cm³/mol. The molecule has 8 nitrogen and oxygen atoms in total. The summed E-state index contributed by atoms with van der Waals surface area (Å²) in [7, 11) is 0. The summed E-state index contributed by atoms with van der Waals surface area (Å²) in [6, 6.07) is 4.08. The molecule has 0 atom stereocenters. The zero-order chi connectivity index (χ0) is 21.9. The van der Waals surface area contributed by atoms with Crippen molar-refractivity contribution in [3.8, 4) is 0 Å². The van der Waals surface area contributed by atoms with Crippen LogP contribution in [0.15, 0.2) is 24.5 Å². The number of aromatic amines is 2. The van der Waals surface area contributed by atoms with E-state index in [-0.39, 0.29) is 11.8 Å². The molecule has 5 rings (SSSR count). The van der Waals surface area contributed by atoms with Crippen molar-refractivity contribution in [1.82, 2.24) is 30.2 Å². The molecule has 2 amide bonds. The first-order valence-corrected chi connectivity index (χ1v) is 12.2. The first kappa shape index (κ1) is 21.2. The Balaban J connectivity index is 1.06. The predicted octanol–water partition coefficient (Wildman–Crippen LogP) is 3.05. The average Bonchev–Trinajstić information content (AvgIpc) is 3.58. The van der Waals surface area contributed by atoms with E-state index in [2.05, 4.69) is 30.2 Å². The van der Waals surface area contributed by atoms with Crippen LogP contribution < -0.4 is 0 Å². The monoisotopic (exact) mass is 438 g/mol. The van der Waals surface area contributed by atoms with Crippen LogP contribution in [0.4, 0.5) is 0 Å². The average molecular weight is 439 g/mol. The zero-order valence-electron chi connectivity index (χ0n) is 18.7. The first-order valence-electron chi connectivity index (χ1n) is 12.2. The number of H-pyrrole nitrogens is 2. The standard InChI is InChI=1S/C24H34N6O2/c31-23(29-13-7-17(8-14-29)21-5-11-25-27-21)19-1-2-20(4-3-19)24(32)30-15-9-18(10-16-30)22-6-12-26-28-22/h5-6,11-12,17-20H,1-4,7-10,13-16H2,(H,25,27)(H,26,28).